The highest BCUT2D eigenvalue weighted by Crippen LogP contribution is 2.30. The average Bonchev–Trinajstić information content (AvgIpc) is 2.35. The van der Waals surface area contributed by atoms with Crippen molar-refractivity contribution >= 4 is 54.9 Å². The van der Waals surface area contributed by atoms with E-state index < -0.39 is 0 Å². The zero-order valence-corrected chi connectivity index (χ0v) is 14.0. The fraction of sp³-hybridized carbons (Fsp3) is 0.462. The van der Waals surface area contributed by atoms with Crippen LogP contribution < -0.4 is 10.6 Å². The Bertz CT molecular complexity index is 411. The molecule has 0 saturated heterocycles. The molecule has 0 unspecified atom stereocenters. The summed E-state index contributed by atoms with van der Waals surface area (Å²) in [6.45, 7) is 0. The van der Waals surface area contributed by atoms with Gasteiger partial charge >= 0.3 is 0 Å². The van der Waals surface area contributed by atoms with Gasteiger partial charge in [-0.3, -0.25) is 0 Å². The van der Waals surface area contributed by atoms with E-state index in [1.165, 1.54) is 32.1 Å². The lowest BCUT2D eigenvalue weighted by Gasteiger charge is -2.24. The van der Waals surface area contributed by atoms with Crippen LogP contribution in [0.1, 0.15) is 32.1 Å². The number of anilines is 1. The SMILES string of the molecule is S=C(Nc1c(Br)cccc1Br)NC1CCCCC1. The molecule has 0 aromatic heterocycles. The Kier molecular flexibility index (Phi) is 5.45. The first-order valence-electron chi connectivity index (χ1n) is 6.18. The summed E-state index contributed by atoms with van der Waals surface area (Å²) in [5.74, 6) is 0. The van der Waals surface area contributed by atoms with Crippen LogP contribution in [0.3, 0.4) is 0 Å². The lowest BCUT2D eigenvalue weighted by molar-refractivity contribution is 0.415. The van der Waals surface area contributed by atoms with Gasteiger partial charge in [-0.25, -0.2) is 0 Å². The van der Waals surface area contributed by atoms with Crippen molar-refractivity contribution in [2.75, 3.05) is 5.32 Å². The minimum Gasteiger partial charge on any atom is -0.360 e. The van der Waals surface area contributed by atoms with Gasteiger partial charge in [0, 0.05) is 15.0 Å². The van der Waals surface area contributed by atoms with Crippen molar-refractivity contribution in [3.05, 3.63) is 27.1 Å². The third-order valence-electron chi connectivity index (χ3n) is 3.14. The summed E-state index contributed by atoms with van der Waals surface area (Å²) in [6, 6.07) is 6.50. The van der Waals surface area contributed by atoms with Crippen LogP contribution in [0.2, 0.25) is 0 Å². The van der Waals surface area contributed by atoms with E-state index in [9.17, 15) is 0 Å². The topological polar surface area (TPSA) is 24.1 Å². The van der Waals surface area contributed by atoms with Gasteiger partial charge in [0.15, 0.2) is 5.11 Å². The molecule has 0 bridgehead atoms. The molecule has 0 radical (unpaired) electrons. The molecule has 0 spiro atoms. The predicted molar refractivity (Wildman–Crippen MR) is 88.1 cm³/mol. The van der Waals surface area contributed by atoms with Crippen molar-refractivity contribution in [1.29, 1.82) is 0 Å². The molecule has 98 valence electrons. The summed E-state index contributed by atoms with van der Waals surface area (Å²) in [4.78, 5) is 0. The molecule has 1 fully saturated rings. The van der Waals surface area contributed by atoms with Crippen molar-refractivity contribution < 1.29 is 0 Å². The van der Waals surface area contributed by atoms with Crippen LogP contribution in [0.5, 0.6) is 0 Å². The molecule has 2 nitrogen and oxygen atoms in total. The quantitative estimate of drug-likeness (QED) is 0.706. The molecule has 0 atom stereocenters. The molecule has 1 aromatic rings. The number of hydrogen-bond acceptors (Lipinski definition) is 1. The monoisotopic (exact) mass is 390 g/mol. The van der Waals surface area contributed by atoms with Crippen LogP contribution in [-0.2, 0) is 0 Å². The Morgan fingerprint density at radius 2 is 1.72 bits per heavy atom. The van der Waals surface area contributed by atoms with Gasteiger partial charge in [0.05, 0.1) is 5.69 Å². The number of para-hydroxylation sites is 1. The molecule has 1 aliphatic carbocycles. The number of benzene rings is 1. The molecule has 0 heterocycles. The van der Waals surface area contributed by atoms with Gasteiger partial charge in [-0.15, -0.1) is 0 Å². The third-order valence-corrected chi connectivity index (χ3v) is 4.68. The summed E-state index contributed by atoms with van der Waals surface area (Å²) in [5.41, 5.74) is 0.978. The molecule has 2 rings (SSSR count). The largest absolute Gasteiger partial charge is 0.360 e. The minimum absolute atomic E-state index is 0.528. The maximum Gasteiger partial charge on any atom is 0.171 e. The standard InChI is InChI=1S/C13H16Br2N2S/c14-10-7-4-8-11(15)12(10)17-13(18)16-9-5-2-1-3-6-9/h4,7-9H,1-3,5-6H2,(H2,16,17,18). The summed E-state index contributed by atoms with van der Waals surface area (Å²) >= 11 is 12.4. The van der Waals surface area contributed by atoms with E-state index in [0.717, 1.165) is 14.6 Å². The normalized spacial score (nSPS) is 16.3. The van der Waals surface area contributed by atoms with Crippen LogP contribution in [0, 0.1) is 0 Å². The first-order chi connectivity index (χ1) is 8.66. The molecular weight excluding hydrogens is 376 g/mol. The smallest absolute Gasteiger partial charge is 0.171 e. The molecule has 0 aliphatic heterocycles. The molecular formula is C13H16Br2N2S. The van der Waals surface area contributed by atoms with Gasteiger partial charge in [-0.1, -0.05) is 25.3 Å². The maximum atomic E-state index is 5.37. The van der Waals surface area contributed by atoms with Crippen molar-refractivity contribution in [2.24, 2.45) is 0 Å². The van der Waals surface area contributed by atoms with Crippen molar-refractivity contribution in [2.45, 2.75) is 38.1 Å². The Labute approximate surface area is 130 Å². The Balaban J connectivity index is 1.94. The van der Waals surface area contributed by atoms with Crippen molar-refractivity contribution in [3.8, 4) is 0 Å². The fourth-order valence-electron chi connectivity index (χ4n) is 2.20. The van der Waals surface area contributed by atoms with Crippen LogP contribution in [0.15, 0.2) is 27.1 Å². The summed E-state index contributed by atoms with van der Waals surface area (Å²) in [7, 11) is 0. The van der Waals surface area contributed by atoms with E-state index in [2.05, 4.69) is 42.5 Å². The van der Waals surface area contributed by atoms with Gasteiger partial charge in [0.1, 0.15) is 0 Å². The molecule has 0 amide bonds. The lowest BCUT2D eigenvalue weighted by atomic mass is 9.96. The van der Waals surface area contributed by atoms with Gasteiger partial charge in [-0.05, 0) is 69.1 Å². The fourth-order valence-corrected chi connectivity index (χ4v) is 3.66. The highest BCUT2D eigenvalue weighted by Gasteiger charge is 2.14. The van der Waals surface area contributed by atoms with E-state index in [4.69, 9.17) is 12.2 Å². The molecule has 5 heteroatoms. The van der Waals surface area contributed by atoms with Gasteiger partial charge in [0.2, 0.25) is 0 Å². The van der Waals surface area contributed by atoms with Crippen molar-refractivity contribution in [1.82, 2.24) is 5.32 Å². The summed E-state index contributed by atoms with van der Waals surface area (Å²) in [6.07, 6.45) is 6.41. The molecule has 1 saturated carbocycles. The lowest BCUT2D eigenvalue weighted by Crippen LogP contribution is -2.38. The predicted octanol–water partition coefficient (Wildman–Crippen LogP) is 4.83. The minimum atomic E-state index is 0.528. The highest BCUT2D eigenvalue weighted by molar-refractivity contribution is 9.11. The average molecular weight is 392 g/mol. The summed E-state index contributed by atoms with van der Waals surface area (Å²) < 4.78 is 2.01. The highest BCUT2D eigenvalue weighted by atomic mass is 79.9. The van der Waals surface area contributed by atoms with Crippen LogP contribution in [0.4, 0.5) is 5.69 Å². The Hall–Kier alpha value is -0.130. The van der Waals surface area contributed by atoms with E-state index in [1.54, 1.807) is 0 Å². The molecule has 1 aromatic carbocycles. The van der Waals surface area contributed by atoms with E-state index in [1.807, 2.05) is 18.2 Å². The molecule has 1 aliphatic rings. The van der Waals surface area contributed by atoms with Crippen molar-refractivity contribution in [3.63, 3.8) is 0 Å². The molecule has 18 heavy (non-hydrogen) atoms. The molecule has 2 N–H and O–H groups in total. The number of halogens is 2. The number of nitrogens with one attached hydrogen (secondary N) is 2. The second-order valence-corrected chi connectivity index (χ2v) is 6.65. The second kappa shape index (κ2) is 6.87. The van der Waals surface area contributed by atoms with Gasteiger partial charge in [-0.2, -0.15) is 0 Å². The van der Waals surface area contributed by atoms with Gasteiger partial charge in [0.25, 0.3) is 0 Å². The Morgan fingerprint density at radius 1 is 1.11 bits per heavy atom. The number of thiocarbonyl (C=S) groups is 1. The van der Waals surface area contributed by atoms with Crippen LogP contribution in [-0.4, -0.2) is 11.2 Å². The van der Waals surface area contributed by atoms with E-state index in [-0.39, 0.29) is 0 Å². The van der Waals surface area contributed by atoms with E-state index in [0.29, 0.717) is 11.2 Å². The third kappa shape index (κ3) is 3.93. The van der Waals surface area contributed by atoms with Crippen LogP contribution >= 0.6 is 44.1 Å². The summed E-state index contributed by atoms with van der Waals surface area (Å²) in [5, 5.41) is 7.36. The Morgan fingerprint density at radius 3 is 2.33 bits per heavy atom. The number of hydrogen-bond donors (Lipinski definition) is 2. The van der Waals surface area contributed by atoms with Crippen LogP contribution in [0.25, 0.3) is 0 Å². The zero-order valence-electron chi connectivity index (χ0n) is 10.0. The van der Waals surface area contributed by atoms with E-state index >= 15 is 0 Å². The number of rotatable bonds is 2. The first kappa shape index (κ1) is 14.3. The van der Waals surface area contributed by atoms with Gasteiger partial charge < -0.3 is 10.6 Å². The zero-order chi connectivity index (χ0) is 13.0. The maximum absolute atomic E-state index is 5.37. The first-order valence-corrected chi connectivity index (χ1v) is 8.18. The second-order valence-electron chi connectivity index (χ2n) is 4.53.